The fraction of sp³-hybridized carbons (Fsp3) is 0.667. The zero-order valence-electron chi connectivity index (χ0n) is 10.3. The SMILES string of the molecule is NNC(Cc1cc(Br)cs1)C1CN2CCN1CC2. The Morgan fingerprint density at radius 2 is 2.22 bits per heavy atom. The van der Waals surface area contributed by atoms with E-state index in [0.717, 1.165) is 13.0 Å². The molecule has 0 aliphatic carbocycles. The molecule has 0 radical (unpaired) electrons. The van der Waals surface area contributed by atoms with Crippen LogP contribution in [0.5, 0.6) is 0 Å². The zero-order valence-corrected chi connectivity index (χ0v) is 12.7. The third kappa shape index (κ3) is 2.64. The molecule has 2 bridgehead atoms. The van der Waals surface area contributed by atoms with Crippen molar-refractivity contribution >= 4 is 27.3 Å². The molecule has 0 aromatic carbocycles. The molecule has 3 aliphatic heterocycles. The molecule has 2 atom stereocenters. The molecule has 18 heavy (non-hydrogen) atoms. The lowest BCUT2D eigenvalue weighted by Crippen LogP contribution is -2.67. The highest BCUT2D eigenvalue weighted by Gasteiger charge is 2.36. The topological polar surface area (TPSA) is 44.5 Å². The lowest BCUT2D eigenvalue weighted by molar-refractivity contribution is -0.00303. The van der Waals surface area contributed by atoms with Crippen molar-refractivity contribution in [2.45, 2.75) is 18.5 Å². The largest absolute Gasteiger partial charge is 0.299 e. The fourth-order valence-electron chi connectivity index (χ4n) is 3.02. The van der Waals surface area contributed by atoms with E-state index in [9.17, 15) is 0 Å². The number of thiophene rings is 1. The van der Waals surface area contributed by atoms with Crippen molar-refractivity contribution in [1.29, 1.82) is 0 Å². The van der Waals surface area contributed by atoms with Gasteiger partial charge in [-0.2, -0.15) is 0 Å². The van der Waals surface area contributed by atoms with Gasteiger partial charge < -0.3 is 0 Å². The van der Waals surface area contributed by atoms with E-state index in [4.69, 9.17) is 5.84 Å². The number of nitrogens with one attached hydrogen (secondary N) is 1. The summed E-state index contributed by atoms with van der Waals surface area (Å²) in [6.07, 6.45) is 1.02. The predicted octanol–water partition coefficient (Wildman–Crippen LogP) is 0.885. The number of rotatable bonds is 4. The number of piperazine rings is 3. The number of halogens is 1. The Kier molecular flexibility index (Phi) is 4.03. The molecular formula is C12H19BrN4S. The molecule has 2 unspecified atom stereocenters. The van der Waals surface area contributed by atoms with Gasteiger partial charge in [-0.15, -0.1) is 11.3 Å². The third-order valence-electron chi connectivity index (χ3n) is 4.04. The van der Waals surface area contributed by atoms with Crippen molar-refractivity contribution in [3.63, 3.8) is 0 Å². The normalized spacial score (nSPS) is 32.7. The second-order valence-electron chi connectivity index (χ2n) is 5.11. The second kappa shape index (κ2) is 5.56. The molecule has 4 rings (SSSR count). The van der Waals surface area contributed by atoms with E-state index >= 15 is 0 Å². The van der Waals surface area contributed by atoms with E-state index in [1.807, 2.05) is 0 Å². The van der Waals surface area contributed by atoms with Gasteiger partial charge in [-0.05, 0) is 22.0 Å². The summed E-state index contributed by atoms with van der Waals surface area (Å²) in [5.41, 5.74) is 3.04. The summed E-state index contributed by atoms with van der Waals surface area (Å²) < 4.78 is 1.17. The van der Waals surface area contributed by atoms with E-state index in [-0.39, 0.29) is 0 Å². The molecule has 4 heterocycles. The van der Waals surface area contributed by atoms with Crippen LogP contribution in [-0.4, -0.2) is 54.6 Å². The summed E-state index contributed by atoms with van der Waals surface area (Å²) >= 11 is 5.32. The Labute approximate surface area is 120 Å². The third-order valence-corrected chi connectivity index (χ3v) is 5.76. The molecule has 0 spiro atoms. The van der Waals surface area contributed by atoms with Crippen LogP contribution in [0.25, 0.3) is 0 Å². The molecule has 4 nitrogen and oxygen atoms in total. The molecule has 0 saturated carbocycles. The number of hydrazine groups is 1. The zero-order chi connectivity index (χ0) is 12.5. The molecule has 0 amide bonds. The standard InChI is InChI=1S/C12H19BrN4S/c13-9-5-10(18-8-9)6-11(15-14)12-7-16-1-3-17(12)4-2-16/h5,8,11-12,15H,1-4,6-7,14H2. The summed E-state index contributed by atoms with van der Waals surface area (Å²) in [5, 5.41) is 2.14. The number of hydrogen-bond donors (Lipinski definition) is 2. The van der Waals surface area contributed by atoms with Gasteiger partial charge >= 0.3 is 0 Å². The predicted molar refractivity (Wildman–Crippen MR) is 78.6 cm³/mol. The van der Waals surface area contributed by atoms with E-state index in [0.29, 0.717) is 12.1 Å². The highest BCUT2D eigenvalue weighted by molar-refractivity contribution is 9.10. The Balaban J connectivity index is 1.68. The van der Waals surface area contributed by atoms with Crippen LogP contribution < -0.4 is 11.3 Å². The van der Waals surface area contributed by atoms with Crippen LogP contribution in [0.3, 0.4) is 0 Å². The highest BCUT2D eigenvalue weighted by Crippen LogP contribution is 2.24. The van der Waals surface area contributed by atoms with Gasteiger partial charge in [0.25, 0.3) is 0 Å². The van der Waals surface area contributed by atoms with Crippen LogP contribution in [0.2, 0.25) is 0 Å². The minimum Gasteiger partial charge on any atom is -0.299 e. The summed E-state index contributed by atoms with van der Waals surface area (Å²) in [7, 11) is 0. The van der Waals surface area contributed by atoms with Gasteiger partial charge in [-0.25, -0.2) is 0 Å². The molecule has 3 saturated heterocycles. The van der Waals surface area contributed by atoms with Crippen LogP contribution in [0, 0.1) is 0 Å². The monoisotopic (exact) mass is 330 g/mol. The maximum absolute atomic E-state index is 5.79. The van der Waals surface area contributed by atoms with Gasteiger partial charge in [0, 0.05) is 66.0 Å². The van der Waals surface area contributed by atoms with E-state index in [2.05, 4.69) is 42.6 Å². The van der Waals surface area contributed by atoms with Crippen LogP contribution in [0.4, 0.5) is 0 Å². The Morgan fingerprint density at radius 3 is 2.72 bits per heavy atom. The summed E-state index contributed by atoms with van der Waals surface area (Å²) in [6, 6.07) is 3.10. The van der Waals surface area contributed by atoms with Crippen molar-refractivity contribution in [2.75, 3.05) is 32.7 Å². The first-order chi connectivity index (χ1) is 8.76. The number of hydrogen-bond acceptors (Lipinski definition) is 5. The van der Waals surface area contributed by atoms with E-state index in [1.165, 1.54) is 35.5 Å². The Morgan fingerprint density at radius 1 is 1.44 bits per heavy atom. The molecule has 3 fully saturated rings. The molecule has 100 valence electrons. The van der Waals surface area contributed by atoms with Crippen LogP contribution in [0.1, 0.15) is 4.88 Å². The van der Waals surface area contributed by atoms with Crippen molar-refractivity contribution in [2.24, 2.45) is 5.84 Å². The van der Waals surface area contributed by atoms with Gasteiger partial charge in [0.05, 0.1) is 0 Å². The van der Waals surface area contributed by atoms with Gasteiger partial charge in [0.2, 0.25) is 0 Å². The van der Waals surface area contributed by atoms with Gasteiger partial charge in [0.15, 0.2) is 0 Å². The highest BCUT2D eigenvalue weighted by atomic mass is 79.9. The molecule has 3 aliphatic rings. The Hall–Kier alpha value is 0.0200. The maximum atomic E-state index is 5.79. The van der Waals surface area contributed by atoms with Crippen LogP contribution >= 0.6 is 27.3 Å². The fourth-order valence-corrected chi connectivity index (χ4v) is 4.53. The first kappa shape index (κ1) is 13.0. The maximum Gasteiger partial charge on any atom is 0.0426 e. The summed E-state index contributed by atoms with van der Waals surface area (Å²) in [6.45, 7) is 5.98. The number of nitrogens with two attached hydrogens (primary N) is 1. The molecular weight excluding hydrogens is 312 g/mol. The smallest absolute Gasteiger partial charge is 0.0426 e. The summed E-state index contributed by atoms with van der Waals surface area (Å²) in [4.78, 5) is 6.54. The molecule has 1 aromatic rings. The average Bonchev–Trinajstić information content (AvgIpc) is 2.83. The van der Waals surface area contributed by atoms with Gasteiger partial charge in [-0.3, -0.25) is 21.1 Å². The van der Waals surface area contributed by atoms with E-state index in [1.54, 1.807) is 11.3 Å². The van der Waals surface area contributed by atoms with Crippen molar-refractivity contribution in [3.8, 4) is 0 Å². The van der Waals surface area contributed by atoms with E-state index < -0.39 is 0 Å². The molecule has 3 N–H and O–H groups in total. The number of fused-ring (bicyclic) bond motifs is 3. The van der Waals surface area contributed by atoms with Gasteiger partial charge in [-0.1, -0.05) is 0 Å². The van der Waals surface area contributed by atoms with Crippen molar-refractivity contribution < 1.29 is 0 Å². The second-order valence-corrected chi connectivity index (χ2v) is 7.02. The minimum absolute atomic E-state index is 0.346. The van der Waals surface area contributed by atoms with Crippen molar-refractivity contribution in [3.05, 3.63) is 20.8 Å². The Bertz CT molecular complexity index is 403. The van der Waals surface area contributed by atoms with Crippen molar-refractivity contribution in [1.82, 2.24) is 15.2 Å². The first-order valence-electron chi connectivity index (χ1n) is 6.41. The lowest BCUT2D eigenvalue weighted by Gasteiger charge is -2.50. The minimum atomic E-state index is 0.346. The quantitative estimate of drug-likeness (QED) is 0.635. The average molecular weight is 331 g/mol. The molecule has 6 heteroatoms. The summed E-state index contributed by atoms with van der Waals surface area (Å²) in [5.74, 6) is 5.79. The number of nitrogens with zero attached hydrogens (tertiary/aromatic N) is 2. The molecule has 1 aromatic heterocycles. The first-order valence-corrected chi connectivity index (χ1v) is 8.09. The van der Waals surface area contributed by atoms with Crippen LogP contribution in [0.15, 0.2) is 15.9 Å². The van der Waals surface area contributed by atoms with Gasteiger partial charge in [0.1, 0.15) is 0 Å². The van der Waals surface area contributed by atoms with Crippen LogP contribution in [-0.2, 0) is 6.42 Å². The lowest BCUT2D eigenvalue weighted by atomic mass is 9.97.